The third-order valence-electron chi connectivity index (χ3n) is 9.13. The van der Waals surface area contributed by atoms with E-state index >= 15 is 4.79 Å². The Morgan fingerprint density at radius 1 is 0.804 bits per heavy atom. The third kappa shape index (κ3) is 9.45. The SMILES string of the molecule is CCCC(=O)O[C@@H]1[C@@H](OC(C)(C)OC)[C@]2(CC/C=C/c3cccc4ccccc34)O[C@H](C(=O)OC(C)(C)C)[C@@](O)(C(=O)OC(C)(C)C)[C@@]1(C(=O)OC(C)(C)C)O2. The number of benzene rings is 2. The average Bonchev–Trinajstić information content (AvgIpc) is 3.28. The van der Waals surface area contributed by atoms with E-state index in [-0.39, 0.29) is 19.3 Å². The molecule has 1 N–H and O–H groups in total. The Balaban J connectivity index is 2.05. The zero-order valence-electron chi connectivity index (χ0n) is 35.1. The number of ether oxygens (including phenoxy) is 8. The van der Waals surface area contributed by atoms with Gasteiger partial charge in [-0.2, -0.15) is 0 Å². The van der Waals surface area contributed by atoms with Crippen LogP contribution in [0, 0.1) is 0 Å². The van der Waals surface area contributed by atoms with Crippen molar-refractivity contribution in [2.24, 2.45) is 0 Å². The zero-order valence-corrected chi connectivity index (χ0v) is 35.1. The molecule has 0 saturated carbocycles. The van der Waals surface area contributed by atoms with E-state index in [4.69, 9.17) is 37.9 Å². The van der Waals surface area contributed by atoms with Crippen LogP contribution in [0.3, 0.4) is 0 Å². The molecule has 2 heterocycles. The fourth-order valence-corrected chi connectivity index (χ4v) is 6.75. The van der Waals surface area contributed by atoms with Crippen molar-refractivity contribution in [3.8, 4) is 0 Å². The summed E-state index contributed by atoms with van der Waals surface area (Å²) in [5, 5.41) is 15.2. The standard InChI is InChI=1S/C43H60O13/c1-14-20-30(44)50-32-31(51-40(11,12)49-13)41(26-18-17-22-28-24-19-23-27-21-15-16-25-29(27)28)52-33(34(45)53-37(2,3)4)42(48,35(46)54-38(5,6)7)43(32,56-41)36(47)55-39(8,9)10/h15-17,19,21-25,31-33,48H,14,18,20,26H2,1-13H3/b22-17+/t31-,32-,33-,41-,42-,43-/m1/s1. The van der Waals surface area contributed by atoms with Gasteiger partial charge in [0.2, 0.25) is 17.5 Å². The molecule has 0 unspecified atom stereocenters. The number of rotatable bonds is 13. The molecule has 2 aliphatic heterocycles. The van der Waals surface area contributed by atoms with Crippen LogP contribution in [-0.4, -0.2) is 94.0 Å². The minimum Gasteiger partial charge on any atom is -0.458 e. The van der Waals surface area contributed by atoms with Crippen molar-refractivity contribution in [1.82, 2.24) is 0 Å². The lowest BCUT2D eigenvalue weighted by molar-refractivity contribution is -0.387. The summed E-state index contributed by atoms with van der Waals surface area (Å²) in [6.45, 7) is 19.0. The molecule has 2 aromatic carbocycles. The number of carbonyl (C=O) groups excluding carboxylic acids is 4. The Hall–Kier alpha value is -3.88. The second kappa shape index (κ2) is 16.2. The van der Waals surface area contributed by atoms with Gasteiger partial charge in [0.25, 0.3) is 5.60 Å². The van der Waals surface area contributed by atoms with Crippen LogP contribution in [0.2, 0.25) is 0 Å². The van der Waals surface area contributed by atoms with Crippen molar-refractivity contribution in [1.29, 1.82) is 0 Å². The predicted molar refractivity (Wildman–Crippen MR) is 207 cm³/mol. The van der Waals surface area contributed by atoms with Crippen molar-refractivity contribution < 1.29 is 62.2 Å². The van der Waals surface area contributed by atoms with E-state index in [2.05, 4.69) is 0 Å². The highest BCUT2D eigenvalue weighted by Gasteiger charge is 2.87. The maximum absolute atomic E-state index is 15.0. The first kappa shape index (κ1) is 44.8. The summed E-state index contributed by atoms with van der Waals surface area (Å²) in [7, 11) is 1.38. The predicted octanol–water partition coefficient (Wildman–Crippen LogP) is 6.73. The first-order chi connectivity index (χ1) is 25.7. The number of hydrogen-bond donors (Lipinski definition) is 1. The van der Waals surface area contributed by atoms with Gasteiger partial charge in [0, 0.05) is 20.0 Å². The van der Waals surface area contributed by atoms with Gasteiger partial charge in [-0.25, -0.2) is 14.4 Å². The molecule has 310 valence electrons. The monoisotopic (exact) mass is 784 g/mol. The lowest BCUT2D eigenvalue weighted by Gasteiger charge is -2.51. The first-order valence-electron chi connectivity index (χ1n) is 19.1. The molecule has 2 saturated heterocycles. The summed E-state index contributed by atoms with van der Waals surface area (Å²) in [6, 6.07) is 13.8. The Morgan fingerprint density at radius 3 is 1.98 bits per heavy atom. The number of methoxy groups -OCH3 is 1. The van der Waals surface area contributed by atoms with E-state index in [1.807, 2.05) is 54.6 Å². The molecule has 0 spiro atoms. The molecule has 4 rings (SSSR count). The number of hydrogen-bond acceptors (Lipinski definition) is 13. The highest BCUT2D eigenvalue weighted by molar-refractivity contribution is 6.00. The summed E-state index contributed by atoms with van der Waals surface area (Å²) in [6.07, 6.45) is -1.90. The number of fused-ring (bicyclic) bond motifs is 3. The summed E-state index contributed by atoms with van der Waals surface area (Å²) in [5.74, 6) is -8.52. The Labute approximate surface area is 330 Å². The molecule has 2 bridgehead atoms. The summed E-state index contributed by atoms with van der Waals surface area (Å²) in [4.78, 5) is 57.7. The van der Waals surface area contributed by atoms with Gasteiger partial charge in [-0.3, -0.25) is 4.79 Å². The minimum atomic E-state index is -3.39. The molecular formula is C43H60O13. The largest absolute Gasteiger partial charge is 0.458 e. The quantitative estimate of drug-likeness (QED) is 0.129. The van der Waals surface area contributed by atoms with Crippen molar-refractivity contribution >= 4 is 40.7 Å². The molecular weight excluding hydrogens is 724 g/mol. The van der Waals surface area contributed by atoms with Crippen LogP contribution in [0.15, 0.2) is 48.5 Å². The van der Waals surface area contributed by atoms with Gasteiger partial charge in [-0.1, -0.05) is 61.5 Å². The smallest absolute Gasteiger partial charge is 0.347 e. The van der Waals surface area contributed by atoms with Gasteiger partial charge in [0.15, 0.2) is 18.0 Å². The maximum Gasteiger partial charge on any atom is 0.347 e. The van der Waals surface area contributed by atoms with Gasteiger partial charge < -0.3 is 43.0 Å². The van der Waals surface area contributed by atoms with E-state index in [1.54, 1.807) is 62.3 Å². The van der Waals surface area contributed by atoms with Crippen molar-refractivity contribution in [3.05, 3.63) is 54.1 Å². The molecule has 56 heavy (non-hydrogen) atoms. The van der Waals surface area contributed by atoms with Crippen molar-refractivity contribution in [2.75, 3.05) is 7.11 Å². The number of aliphatic hydroxyl groups is 1. The fraction of sp³-hybridized carbons (Fsp3) is 0.628. The molecule has 0 radical (unpaired) electrons. The highest BCUT2D eigenvalue weighted by Crippen LogP contribution is 2.58. The molecule has 0 aliphatic carbocycles. The van der Waals surface area contributed by atoms with Crippen LogP contribution in [-0.2, 0) is 57.1 Å². The van der Waals surface area contributed by atoms with Gasteiger partial charge in [0.05, 0.1) is 0 Å². The average molecular weight is 785 g/mol. The molecule has 13 heteroatoms. The fourth-order valence-electron chi connectivity index (χ4n) is 6.75. The van der Waals surface area contributed by atoms with Crippen molar-refractivity contribution in [2.45, 2.75) is 167 Å². The molecule has 0 aromatic heterocycles. The lowest BCUT2D eigenvalue weighted by atomic mass is 9.74. The number of allylic oxidation sites excluding steroid dienone is 1. The molecule has 6 atom stereocenters. The molecule has 0 amide bonds. The van der Waals surface area contributed by atoms with E-state index in [9.17, 15) is 19.5 Å². The normalized spacial score (nSPS) is 26.9. The summed E-state index contributed by atoms with van der Waals surface area (Å²) < 4.78 is 49.0. The number of carbonyl (C=O) groups is 4. The molecule has 2 aromatic rings. The Kier molecular flexibility index (Phi) is 12.9. The number of esters is 4. The first-order valence-corrected chi connectivity index (χ1v) is 19.1. The summed E-state index contributed by atoms with van der Waals surface area (Å²) in [5.41, 5.74) is -9.19. The van der Waals surface area contributed by atoms with Gasteiger partial charge in [-0.05, 0) is 105 Å². The topological polar surface area (TPSA) is 162 Å². The van der Waals surface area contributed by atoms with Gasteiger partial charge in [-0.15, -0.1) is 0 Å². The van der Waals surface area contributed by atoms with Crippen LogP contribution >= 0.6 is 0 Å². The van der Waals surface area contributed by atoms with Crippen LogP contribution in [0.25, 0.3) is 16.8 Å². The maximum atomic E-state index is 15.0. The third-order valence-corrected chi connectivity index (χ3v) is 9.13. The lowest BCUT2D eigenvalue weighted by Crippen LogP contribution is -2.79. The zero-order chi connectivity index (χ0) is 42.1. The van der Waals surface area contributed by atoms with E-state index in [0.717, 1.165) is 16.3 Å². The van der Waals surface area contributed by atoms with Crippen LogP contribution in [0.4, 0.5) is 0 Å². The molecule has 2 fully saturated rings. The molecule has 13 nitrogen and oxygen atoms in total. The minimum absolute atomic E-state index is 0.122. The van der Waals surface area contributed by atoms with E-state index < -0.39 is 81.8 Å². The molecule has 2 aliphatic rings. The van der Waals surface area contributed by atoms with E-state index in [0.29, 0.717) is 6.42 Å². The van der Waals surface area contributed by atoms with Gasteiger partial charge in [0.1, 0.15) is 16.8 Å². The Bertz CT molecular complexity index is 1790. The summed E-state index contributed by atoms with van der Waals surface area (Å²) >= 11 is 0. The van der Waals surface area contributed by atoms with Crippen molar-refractivity contribution in [3.63, 3.8) is 0 Å². The van der Waals surface area contributed by atoms with E-state index in [1.165, 1.54) is 27.9 Å². The van der Waals surface area contributed by atoms with Gasteiger partial charge >= 0.3 is 23.9 Å². The second-order valence-electron chi connectivity index (χ2n) is 17.8. The van der Waals surface area contributed by atoms with Crippen LogP contribution in [0.5, 0.6) is 0 Å². The highest BCUT2D eigenvalue weighted by atomic mass is 16.8. The second-order valence-corrected chi connectivity index (χ2v) is 17.8. The van der Waals surface area contributed by atoms with Crippen LogP contribution < -0.4 is 0 Å². The Morgan fingerprint density at radius 2 is 1.39 bits per heavy atom. The van der Waals surface area contributed by atoms with Crippen LogP contribution in [0.1, 0.15) is 114 Å².